The fourth-order valence-electron chi connectivity index (χ4n) is 3.74. The number of amides is 1. The number of carbonyl (C=O) groups excluding carboxylic acids is 1. The standard InChI is InChI=1S/C19H24N4OS/c1-2-22-8-10-23(11-9-22)19(24)14-5-6-16-17(12-14)25-18(21-16)15-4-3-7-20-13-15/h3-4,7,13-14H,2,5-6,8-12H2,1H3. The van der Waals surface area contributed by atoms with Gasteiger partial charge in [0.2, 0.25) is 5.91 Å². The van der Waals surface area contributed by atoms with E-state index >= 15 is 0 Å². The lowest BCUT2D eigenvalue weighted by molar-refractivity contribution is -0.137. The largest absolute Gasteiger partial charge is 0.340 e. The number of piperazine rings is 1. The summed E-state index contributed by atoms with van der Waals surface area (Å²) in [6, 6.07) is 3.99. The van der Waals surface area contributed by atoms with Crippen LogP contribution < -0.4 is 0 Å². The van der Waals surface area contributed by atoms with E-state index in [1.165, 1.54) is 10.6 Å². The van der Waals surface area contributed by atoms with Gasteiger partial charge in [-0.3, -0.25) is 9.78 Å². The molecule has 3 heterocycles. The van der Waals surface area contributed by atoms with E-state index in [2.05, 4.69) is 21.7 Å². The van der Waals surface area contributed by atoms with Crippen molar-refractivity contribution in [1.82, 2.24) is 19.8 Å². The van der Waals surface area contributed by atoms with Crippen LogP contribution in [-0.2, 0) is 17.6 Å². The molecule has 0 saturated carbocycles. The summed E-state index contributed by atoms with van der Waals surface area (Å²) in [5.74, 6) is 0.473. The highest BCUT2D eigenvalue weighted by atomic mass is 32.1. The Morgan fingerprint density at radius 2 is 2.16 bits per heavy atom. The van der Waals surface area contributed by atoms with E-state index < -0.39 is 0 Å². The van der Waals surface area contributed by atoms with Crippen LogP contribution in [0.15, 0.2) is 24.5 Å². The first kappa shape index (κ1) is 16.7. The van der Waals surface area contributed by atoms with Gasteiger partial charge in [0.15, 0.2) is 0 Å². The number of thiazole rings is 1. The van der Waals surface area contributed by atoms with Crippen LogP contribution in [0.1, 0.15) is 23.9 Å². The summed E-state index contributed by atoms with van der Waals surface area (Å²) >= 11 is 1.73. The molecule has 2 aromatic heterocycles. The van der Waals surface area contributed by atoms with E-state index in [0.29, 0.717) is 5.91 Å². The van der Waals surface area contributed by atoms with Crippen LogP contribution >= 0.6 is 11.3 Å². The van der Waals surface area contributed by atoms with Gasteiger partial charge in [0, 0.05) is 54.9 Å². The van der Waals surface area contributed by atoms with Crippen LogP contribution in [-0.4, -0.2) is 58.4 Å². The number of aryl methyl sites for hydroxylation is 1. The zero-order valence-corrected chi connectivity index (χ0v) is 15.5. The van der Waals surface area contributed by atoms with Crippen molar-refractivity contribution >= 4 is 17.2 Å². The van der Waals surface area contributed by atoms with E-state index in [4.69, 9.17) is 4.98 Å². The van der Waals surface area contributed by atoms with E-state index in [1.54, 1.807) is 17.5 Å². The van der Waals surface area contributed by atoms with Crippen LogP contribution in [0, 0.1) is 5.92 Å². The van der Waals surface area contributed by atoms with E-state index in [-0.39, 0.29) is 5.92 Å². The Balaban J connectivity index is 1.44. The molecule has 1 unspecified atom stereocenters. The van der Waals surface area contributed by atoms with Gasteiger partial charge >= 0.3 is 0 Å². The van der Waals surface area contributed by atoms with Gasteiger partial charge in [-0.1, -0.05) is 6.92 Å². The molecule has 1 aliphatic carbocycles. The highest BCUT2D eigenvalue weighted by Crippen LogP contribution is 2.35. The second kappa shape index (κ2) is 7.22. The SMILES string of the molecule is CCN1CCN(C(=O)C2CCc3nc(-c4cccnc4)sc3C2)CC1. The molecule has 25 heavy (non-hydrogen) atoms. The topological polar surface area (TPSA) is 49.3 Å². The molecule has 0 bridgehead atoms. The molecular weight excluding hydrogens is 332 g/mol. The third-order valence-corrected chi connectivity index (χ3v) is 6.50. The van der Waals surface area contributed by atoms with Crippen molar-refractivity contribution in [3.63, 3.8) is 0 Å². The fourth-order valence-corrected chi connectivity index (χ4v) is 4.92. The minimum absolute atomic E-state index is 0.128. The molecule has 6 heteroatoms. The second-order valence-corrected chi connectivity index (χ2v) is 7.91. The molecule has 0 radical (unpaired) electrons. The molecule has 0 spiro atoms. The first-order valence-corrected chi connectivity index (χ1v) is 9.96. The number of rotatable bonds is 3. The van der Waals surface area contributed by atoms with Gasteiger partial charge in [-0.25, -0.2) is 4.98 Å². The van der Waals surface area contributed by atoms with Crippen LogP contribution in [0.3, 0.4) is 0 Å². The summed E-state index contributed by atoms with van der Waals surface area (Å²) in [6.07, 6.45) is 6.33. The zero-order valence-electron chi connectivity index (χ0n) is 14.6. The molecule has 0 aromatic carbocycles. The summed E-state index contributed by atoms with van der Waals surface area (Å²) < 4.78 is 0. The molecule has 1 atom stereocenters. The summed E-state index contributed by atoms with van der Waals surface area (Å²) in [5, 5.41) is 1.03. The fraction of sp³-hybridized carbons (Fsp3) is 0.526. The van der Waals surface area contributed by atoms with Crippen LogP contribution in [0.4, 0.5) is 0 Å². The molecule has 0 N–H and O–H groups in total. The monoisotopic (exact) mass is 356 g/mol. The maximum Gasteiger partial charge on any atom is 0.226 e. The lowest BCUT2D eigenvalue weighted by atomic mass is 9.90. The van der Waals surface area contributed by atoms with Gasteiger partial charge in [-0.05, 0) is 37.9 Å². The Hall–Kier alpha value is -1.79. The van der Waals surface area contributed by atoms with Crippen molar-refractivity contribution in [3.05, 3.63) is 35.1 Å². The zero-order chi connectivity index (χ0) is 17.2. The first-order chi connectivity index (χ1) is 12.2. The molecule has 1 saturated heterocycles. The lowest BCUT2D eigenvalue weighted by Crippen LogP contribution is -2.50. The predicted molar refractivity (Wildman–Crippen MR) is 99.6 cm³/mol. The number of hydrogen-bond acceptors (Lipinski definition) is 5. The van der Waals surface area contributed by atoms with Gasteiger partial charge in [0.05, 0.1) is 5.69 Å². The predicted octanol–water partition coefficient (Wildman–Crippen LogP) is 2.47. The number of carbonyl (C=O) groups is 1. The molecular formula is C19H24N4OS. The number of likely N-dealkylation sites (N-methyl/N-ethyl adjacent to an activating group) is 1. The number of hydrogen-bond donors (Lipinski definition) is 0. The Morgan fingerprint density at radius 3 is 2.88 bits per heavy atom. The molecule has 1 aliphatic heterocycles. The van der Waals surface area contributed by atoms with E-state index in [1.807, 2.05) is 18.3 Å². The third kappa shape index (κ3) is 3.46. The Kier molecular flexibility index (Phi) is 4.81. The highest BCUT2D eigenvalue weighted by Gasteiger charge is 2.31. The molecule has 1 amide bonds. The molecule has 1 fully saturated rings. The summed E-state index contributed by atoms with van der Waals surface area (Å²) in [4.78, 5) is 27.7. The normalized spacial score (nSPS) is 21.2. The van der Waals surface area contributed by atoms with Crippen LogP contribution in [0.2, 0.25) is 0 Å². The Bertz CT molecular complexity index is 737. The molecule has 132 valence electrons. The summed E-state index contributed by atoms with van der Waals surface area (Å²) in [7, 11) is 0. The maximum atomic E-state index is 12.9. The van der Waals surface area contributed by atoms with Crippen LogP contribution in [0.25, 0.3) is 10.6 Å². The molecule has 4 rings (SSSR count). The smallest absolute Gasteiger partial charge is 0.226 e. The highest BCUT2D eigenvalue weighted by molar-refractivity contribution is 7.15. The average Bonchev–Trinajstić information content (AvgIpc) is 3.11. The average molecular weight is 356 g/mol. The van der Waals surface area contributed by atoms with Gasteiger partial charge in [-0.2, -0.15) is 0 Å². The van der Waals surface area contributed by atoms with Crippen molar-refractivity contribution in [3.8, 4) is 10.6 Å². The van der Waals surface area contributed by atoms with Crippen molar-refractivity contribution in [2.45, 2.75) is 26.2 Å². The van der Waals surface area contributed by atoms with Crippen molar-refractivity contribution in [2.24, 2.45) is 5.92 Å². The molecule has 2 aromatic rings. The lowest BCUT2D eigenvalue weighted by Gasteiger charge is -2.36. The number of fused-ring (bicyclic) bond motifs is 1. The number of aromatic nitrogens is 2. The second-order valence-electron chi connectivity index (χ2n) is 6.83. The van der Waals surface area contributed by atoms with Crippen molar-refractivity contribution < 1.29 is 4.79 Å². The number of nitrogens with zero attached hydrogens (tertiary/aromatic N) is 4. The minimum Gasteiger partial charge on any atom is -0.340 e. The van der Waals surface area contributed by atoms with Gasteiger partial charge in [0.1, 0.15) is 5.01 Å². The van der Waals surface area contributed by atoms with Gasteiger partial charge < -0.3 is 9.80 Å². The third-order valence-electron chi connectivity index (χ3n) is 5.33. The number of pyridine rings is 1. The molecule has 5 nitrogen and oxygen atoms in total. The maximum absolute atomic E-state index is 12.9. The van der Waals surface area contributed by atoms with Crippen LogP contribution in [0.5, 0.6) is 0 Å². The minimum atomic E-state index is 0.128. The Morgan fingerprint density at radius 1 is 1.32 bits per heavy atom. The van der Waals surface area contributed by atoms with Gasteiger partial charge in [-0.15, -0.1) is 11.3 Å². The van der Waals surface area contributed by atoms with Crippen molar-refractivity contribution in [2.75, 3.05) is 32.7 Å². The van der Waals surface area contributed by atoms with Gasteiger partial charge in [0.25, 0.3) is 0 Å². The Labute approximate surface area is 152 Å². The quantitative estimate of drug-likeness (QED) is 0.848. The van der Waals surface area contributed by atoms with E-state index in [0.717, 1.165) is 62.6 Å². The summed E-state index contributed by atoms with van der Waals surface area (Å²) in [6.45, 7) is 7.02. The van der Waals surface area contributed by atoms with Crippen molar-refractivity contribution in [1.29, 1.82) is 0 Å². The first-order valence-electron chi connectivity index (χ1n) is 9.14. The molecule has 2 aliphatic rings. The van der Waals surface area contributed by atoms with E-state index in [9.17, 15) is 4.79 Å². The summed E-state index contributed by atoms with van der Waals surface area (Å²) in [5.41, 5.74) is 2.25.